The van der Waals surface area contributed by atoms with Crippen molar-refractivity contribution < 1.29 is 9.53 Å². The number of nitrogens with one attached hydrogen (secondary N) is 2. The lowest BCUT2D eigenvalue weighted by Crippen LogP contribution is -2.25. The highest BCUT2D eigenvalue weighted by Crippen LogP contribution is 2.06. The Labute approximate surface area is 121 Å². The van der Waals surface area contributed by atoms with E-state index in [4.69, 9.17) is 4.74 Å². The quantitative estimate of drug-likeness (QED) is 0.682. The van der Waals surface area contributed by atoms with Crippen LogP contribution < -0.4 is 10.6 Å². The number of rotatable bonds is 9. The molecule has 1 amide bonds. The number of nitrogens with zero attached hydrogens (tertiary/aromatic N) is 1. The van der Waals surface area contributed by atoms with Gasteiger partial charge in [-0.25, -0.2) is 4.98 Å². The minimum Gasteiger partial charge on any atom is -0.379 e. The molecule has 0 saturated carbocycles. The normalized spacial score (nSPS) is 10.6. The van der Waals surface area contributed by atoms with Crippen LogP contribution in [0.5, 0.6) is 0 Å². The highest BCUT2D eigenvalue weighted by atomic mass is 16.5. The molecule has 0 radical (unpaired) electrons. The Bertz CT molecular complexity index is 408. The van der Waals surface area contributed by atoms with Crippen LogP contribution in [-0.2, 0) is 4.74 Å². The zero-order valence-corrected chi connectivity index (χ0v) is 12.6. The van der Waals surface area contributed by atoms with E-state index in [0.29, 0.717) is 12.1 Å². The molecule has 0 saturated heterocycles. The largest absolute Gasteiger partial charge is 0.379 e. The van der Waals surface area contributed by atoms with Gasteiger partial charge in [0.05, 0.1) is 6.10 Å². The fraction of sp³-hybridized carbons (Fsp3) is 0.600. The standard InChI is InChI=1S/C15H25N3O2/c1-4-16-14-11-13(7-9-17-14)15(19)18-8-5-6-10-20-12(2)3/h7,9,11-12H,4-6,8,10H2,1-3H3,(H,16,17)(H,18,19). The molecule has 0 aliphatic carbocycles. The number of pyridine rings is 1. The molecule has 0 aromatic carbocycles. The fourth-order valence-electron chi connectivity index (χ4n) is 1.70. The van der Waals surface area contributed by atoms with E-state index in [1.54, 1.807) is 18.3 Å². The molecule has 5 nitrogen and oxygen atoms in total. The third kappa shape index (κ3) is 6.52. The second kappa shape index (κ2) is 9.31. The smallest absolute Gasteiger partial charge is 0.251 e. The Morgan fingerprint density at radius 2 is 2.20 bits per heavy atom. The van der Waals surface area contributed by atoms with Gasteiger partial charge in [0.25, 0.3) is 5.91 Å². The number of carbonyl (C=O) groups excluding carboxylic acids is 1. The minimum absolute atomic E-state index is 0.0590. The van der Waals surface area contributed by atoms with Crippen LogP contribution in [0.25, 0.3) is 0 Å². The predicted octanol–water partition coefficient (Wildman–Crippen LogP) is 2.45. The summed E-state index contributed by atoms with van der Waals surface area (Å²) >= 11 is 0. The maximum atomic E-state index is 11.9. The van der Waals surface area contributed by atoms with E-state index in [1.807, 2.05) is 20.8 Å². The minimum atomic E-state index is -0.0590. The lowest BCUT2D eigenvalue weighted by atomic mass is 10.2. The fourth-order valence-corrected chi connectivity index (χ4v) is 1.70. The van der Waals surface area contributed by atoms with Crippen LogP contribution in [0.2, 0.25) is 0 Å². The van der Waals surface area contributed by atoms with E-state index < -0.39 is 0 Å². The number of ether oxygens (including phenoxy) is 1. The summed E-state index contributed by atoms with van der Waals surface area (Å²) in [6.07, 6.45) is 3.79. The summed E-state index contributed by atoms with van der Waals surface area (Å²) in [6.45, 7) is 8.23. The average molecular weight is 279 g/mol. The van der Waals surface area contributed by atoms with Gasteiger partial charge in [0.15, 0.2) is 0 Å². The van der Waals surface area contributed by atoms with E-state index in [1.165, 1.54) is 0 Å². The Kier molecular flexibility index (Phi) is 7.65. The van der Waals surface area contributed by atoms with Crippen LogP contribution in [-0.4, -0.2) is 36.7 Å². The van der Waals surface area contributed by atoms with E-state index in [2.05, 4.69) is 15.6 Å². The molecule has 0 spiro atoms. The zero-order chi connectivity index (χ0) is 14.8. The van der Waals surface area contributed by atoms with Gasteiger partial charge in [0.1, 0.15) is 5.82 Å². The van der Waals surface area contributed by atoms with Crippen molar-refractivity contribution in [1.29, 1.82) is 0 Å². The van der Waals surface area contributed by atoms with Gasteiger partial charge >= 0.3 is 0 Å². The monoisotopic (exact) mass is 279 g/mol. The molecule has 0 bridgehead atoms. The van der Waals surface area contributed by atoms with E-state index in [-0.39, 0.29) is 12.0 Å². The van der Waals surface area contributed by atoms with Crippen LogP contribution in [0.15, 0.2) is 18.3 Å². The zero-order valence-electron chi connectivity index (χ0n) is 12.6. The maximum Gasteiger partial charge on any atom is 0.251 e. The SMILES string of the molecule is CCNc1cc(C(=O)NCCCCOC(C)C)ccn1. The summed E-state index contributed by atoms with van der Waals surface area (Å²) in [5.41, 5.74) is 0.634. The first-order valence-electron chi connectivity index (χ1n) is 7.23. The van der Waals surface area contributed by atoms with Crippen LogP contribution in [0, 0.1) is 0 Å². The van der Waals surface area contributed by atoms with Crippen LogP contribution in [0.3, 0.4) is 0 Å². The van der Waals surface area contributed by atoms with Crippen molar-refractivity contribution in [2.45, 2.75) is 39.7 Å². The van der Waals surface area contributed by atoms with Gasteiger partial charge < -0.3 is 15.4 Å². The molecule has 20 heavy (non-hydrogen) atoms. The van der Waals surface area contributed by atoms with Gasteiger partial charge in [-0.1, -0.05) is 0 Å². The Balaban J connectivity index is 2.27. The molecule has 1 heterocycles. The van der Waals surface area contributed by atoms with E-state index in [0.717, 1.165) is 31.8 Å². The van der Waals surface area contributed by atoms with Crippen molar-refractivity contribution in [3.63, 3.8) is 0 Å². The molecule has 0 fully saturated rings. The lowest BCUT2D eigenvalue weighted by Gasteiger charge is -2.08. The van der Waals surface area contributed by atoms with Gasteiger partial charge in [0, 0.05) is 31.5 Å². The molecule has 0 aliphatic rings. The number of carbonyl (C=O) groups is 1. The van der Waals surface area contributed by atoms with Gasteiger partial charge in [-0.05, 0) is 45.7 Å². The van der Waals surface area contributed by atoms with Crippen molar-refractivity contribution >= 4 is 11.7 Å². The summed E-state index contributed by atoms with van der Waals surface area (Å²) in [7, 11) is 0. The third-order valence-electron chi connectivity index (χ3n) is 2.69. The summed E-state index contributed by atoms with van der Waals surface area (Å²) in [4.78, 5) is 16.1. The molecule has 0 aliphatic heterocycles. The van der Waals surface area contributed by atoms with Gasteiger partial charge in [-0.15, -0.1) is 0 Å². The van der Waals surface area contributed by atoms with Gasteiger partial charge in [0.2, 0.25) is 0 Å². The second-order valence-corrected chi connectivity index (χ2v) is 4.84. The third-order valence-corrected chi connectivity index (χ3v) is 2.69. The van der Waals surface area contributed by atoms with Crippen LogP contribution >= 0.6 is 0 Å². The van der Waals surface area contributed by atoms with Gasteiger partial charge in [-0.2, -0.15) is 0 Å². The predicted molar refractivity (Wildman–Crippen MR) is 81.1 cm³/mol. The first kappa shape index (κ1) is 16.4. The molecule has 1 aromatic heterocycles. The molecular formula is C15H25N3O2. The highest BCUT2D eigenvalue weighted by Gasteiger charge is 2.05. The number of hydrogen-bond acceptors (Lipinski definition) is 4. The molecule has 1 aromatic rings. The molecule has 1 rings (SSSR count). The van der Waals surface area contributed by atoms with E-state index in [9.17, 15) is 4.79 Å². The summed E-state index contributed by atoms with van der Waals surface area (Å²) in [5.74, 6) is 0.668. The molecule has 112 valence electrons. The molecular weight excluding hydrogens is 254 g/mol. The topological polar surface area (TPSA) is 63.2 Å². The van der Waals surface area contributed by atoms with Crippen LogP contribution in [0.1, 0.15) is 44.0 Å². The van der Waals surface area contributed by atoms with Gasteiger partial charge in [-0.3, -0.25) is 4.79 Å². The van der Waals surface area contributed by atoms with Crippen molar-refractivity contribution in [2.75, 3.05) is 25.0 Å². The molecule has 2 N–H and O–H groups in total. The Hall–Kier alpha value is -1.62. The number of amides is 1. The summed E-state index contributed by atoms with van der Waals surface area (Å²) in [5, 5.41) is 6.00. The summed E-state index contributed by atoms with van der Waals surface area (Å²) < 4.78 is 5.45. The molecule has 0 atom stereocenters. The van der Waals surface area contributed by atoms with Crippen molar-refractivity contribution in [3.8, 4) is 0 Å². The van der Waals surface area contributed by atoms with Crippen molar-refractivity contribution in [3.05, 3.63) is 23.9 Å². The highest BCUT2D eigenvalue weighted by molar-refractivity contribution is 5.94. The Morgan fingerprint density at radius 3 is 2.90 bits per heavy atom. The molecule has 5 heteroatoms. The second-order valence-electron chi connectivity index (χ2n) is 4.84. The number of unbranched alkanes of at least 4 members (excludes halogenated alkanes) is 1. The van der Waals surface area contributed by atoms with Crippen molar-refractivity contribution in [1.82, 2.24) is 10.3 Å². The first-order chi connectivity index (χ1) is 9.63. The molecule has 0 unspecified atom stereocenters. The van der Waals surface area contributed by atoms with E-state index >= 15 is 0 Å². The lowest BCUT2D eigenvalue weighted by molar-refractivity contribution is 0.0754. The Morgan fingerprint density at radius 1 is 1.40 bits per heavy atom. The van der Waals surface area contributed by atoms with Crippen LogP contribution in [0.4, 0.5) is 5.82 Å². The number of aromatic nitrogens is 1. The number of hydrogen-bond donors (Lipinski definition) is 2. The van der Waals surface area contributed by atoms with Crippen molar-refractivity contribution in [2.24, 2.45) is 0 Å². The summed E-state index contributed by atoms with van der Waals surface area (Å²) in [6, 6.07) is 3.48. The average Bonchev–Trinajstić information content (AvgIpc) is 2.43. The maximum absolute atomic E-state index is 11.9. The number of anilines is 1. The first-order valence-corrected chi connectivity index (χ1v) is 7.23.